The Bertz CT molecular complexity index is 674. The molecule has 7 nitrogen and oxygen atoms in total. The molecule has 2 N–H and O–H groups in total. The Labute approximate surface area is 142 Å². The van der Waals surface area contributed by atoms with Crippen molar-refractivity contribution in [2.75, 3.05) is 55.5 Å². The molecule has 0 amide bonds. The fraction of sp³-hybridized carbons (Fsp3) is 0.412. The van der Waals surface area contributed by atoms with Gasteiger partial charge >= 0.3 is 0 Å². The molecule has 0 saturated carbocycles. The maximum absolute atomic E-state index is 5.71. The molecule has 1 saturated heterocycles. The molecule has 0 aliphatic carbocycles. The minimum Gasteiger partial charge on any atom is -0.494 e. The summed E-state index contributed by atoms with van der Waals surface area (Å²) in [6.45, 7) is 5.84. The zero-order valence-corrected chi connectivity index (χ0v) is 14.1. The van der Waals surface area contributed by atoms with Crippen LogP contribution in [0.5, 0.6) is 5.75 Å². The molecule has 2 heterocycles. The molecule has 0 atom stereocenters. The molecule has 0 unspecified atom stereocenters. The third-order valence-electron chi connectivity index (χ3n) is 3.75. The van der Waals surface area contributed by atoms with Crippen LogP contribution >= 0.6 is 0 Å². The Morgan fingerprint density at radius 2 is 2.08 bits per heavy atom. The van der Waals surface area contributed by atoms with E-state index in [2.05, 4.69) is 37.6 Å². The lowest BCUT2D eigenvalue weighted by atomic mass is 10.2. The number of nitrogens with one attached hydrogen (secondary N) is 2. The third kappa shape index (κ3) is 4.05. The van der Waals surface area contributed by atoms with Gasteiger partial charge in [0.2, 0.25) is 5.95 Å². The number of aromatic nitrogens is 2. The molecular weight excluding hydrogens is 306 g/mol. The second-order valence-corrected chi connectivity index (χ2v) is 5.39. The first-order valence-electron chi connectivity index (χ1n) is 8.17. The van der Waals surface area contributed by atoms with E-state index in [0.29, 0.717) is 12.6 Å². The molecule has 1 aliphatic heterocycles. The zero-order valence-electron chi connectivity index (χ0n) is 14.1. The van der Waals surface area contributed by atoms with E-state index in [1.807, 2.05) is 26.1 Å². The van der Waals surface area contributed by atoms with Gasteiger partial charge in [-0.05, 0) is 19.1 Å². The predicted octanol–water partition coefficient (Wildman–Crippen LogP) is 2.50. The first-order chi connectivity index (χ1) is 11.8. The number of nitrogens with zero attached hydrogens (tertiary/aromatic N) is 3. The molecular formula is C17H23N5O2. The van der Waals surface area contributed by atoms with E-state index >= 15 is 0 Å². The number of morpholine rings is 1. The quantitative estimate of drug-likeness (QED) is 0.843. The van der Waals surface area contributed by atoms with E-state index in [0.717, 1.165) is 49.2 Å². The van der Waals surface area contributed by atoms with Gasteiger partial charge in [-0.15, -0.1) is 0 Å². The van der Waals surface area contributed by atoms with Crippen LogP contribution in [-0.2, 0) is 4.74 Å². The monoisotopic (exact) mass is 329 g/mol. The van der Waals surface area contributed by atoms with Crippen LogP contribution in [0.2, 0.25) is 0 Å². The minimum atomic E-state index is 0.545. The van der Waals surface area contributed by atoms with Crippen LogP contribution in [0.1, 0.15) is 6.92 Å². The number of hydrogen-bond acceptors (Lipinski definition) is 7. The maximum Gasteiger partial charge on any atom is 0.229 e. The molecule has 1 fully saturated rings. The Morgan fingerprint density at radius 3 is 2.83 bits per heavy atom. The van der Waals surface area contributed by atoms with Crippen LogP contribution in [0.3, 0.4) is 0 Å². The van der Waals surface area contributed by atoms with Crippen LogP contribution in [0.15, 0.2) is 30.5 Å². The first kappa shape index (κ1) is 16.3. The van der Waals surface area contributed by atoms with E-state index in [9.17, 15) is 0 Å². The summed E-state index contributed by atoms with van der Waals surface area (Å²) in [7, 11) is 1.83. The van der Waals surface area contributed by atoms with Gasteiger partial charge in [0.15, 0.2) is 0 Å². The molecule has 0 spiro atoms. The highest BCUT2D eigenvalue weighted by atomic mass is 16.5. The van der Waals surface area contributed by atoms with Crippen LogP contribution < -0.4 is 20.3 Å². The predicted molar refractivity (Wildman–Crippen MR) is 95.5 cm³/mol. The van der Waals surface area contributed by atoms with Crippen LogP contribution in [-0.4, -0.2) is 49.9 Å². The van der Waals surface area contributed by atoms with Gasteiger partial charge in [-0.25, -0.2) is 4.98 Å². The van der Waals surface area contributed by atoms with Crippen molar-refractivity contribution in [2.45, 2.75) is 6.92 Å². The topological polar surface area (TPSA) is 71.5 Å². The number of anilines is 4. The van der Waals surface area contributed by atoms with E-state index < -0.39 is 0 Å². The average Bonchev–Trinajstić information content (AvgIpc) is 2.63. The van der Waals surface area contributed by atoms with Gasteiger partial charge in [-0.2, -0.15) is 4.98 Å². The largest absolute Gasteiger partial charge is 0.494 e. The Kier molecular flexibility index (Phi) is 5.32. The highest BCUT2D eigenvalue weighted by molar-refractivity contribution is 5.66. The summed E-state index contributed by atoms with van der Waals surface area (Å²) in [5.41, 5.74) is 2.01. The Hall–Kier alpha value is -2.54. The third-order valence-corrected chi connectivity index (χ3v) is 3.75. The molecule has 24 heavy (non-hydrogen) atoms. The lowest BCUT2D eigenvalue weighted by molar-refractivity contribution is 0.122. The summed E-state index contributed by atoms with van der Waals surface area (Å²) in [6, 6.07) is 7.93. The second kappa shape index (κ2) is 7.83. The molecule has 1 aliphatic rings. The van der Waals surface area contributed by atoms with Crippen molar-refractivity contribution in [3.05, 3.63) is 30.5 Å². The lowest BCUT2D eigenvalue weighted by Crippen LogP contribution is -2.36. The fourth-order valence-corrected chi connectivity index (χ4v) is 2.60. The van der Waals surface area contributed by atoms with Crippen molar-refractivity contribution in [3.63, 3.8) is 0 Å². The van der Waals surface area contributed by atoms with Crippen molar-refractivity contribution < 1.29 is 9.47 Å². The molecule has 2 aromatic rings. The first-order valence-corrected chi connectivity index (χ1v) is 8.17. The summed E-state index contributed by atoms with van der Waals surface area (Å²) in [4.78, 5) is 11.0. The number of rotatable bonds is 6. The molecule has 7 heteroatoms. The van der Waals surface area contributed by atoms with Crippen molar-refractivity contribution in [1.29, 1.82) is 0 Å². The number of ether oxygens (including phenoxy) is 2. The number of hydrogen-bond donors (Lipinski definition) is 2. The van der Waals surface area contributed by atoms with Gasteiger partial charge in [0.05, 0.1) is 19.8 Å². The summed E-state index contributed by atoms with van der Waals surface area (Å²) >= 11 is 0. The van der Waals surface area contributed by atoms with Gasteiger partial charge in [0.1, 0.15) is 11.6 Å². The fourth-order valence-electron chi connectivity index (χ4n) is 2.60. The van der Waals surface area contributed by atoms with Crippen molar-refractivity contribution in [1.82, 2.24) is 9.97 Å². The molecule has 0 radical (unpaired) electrons. The molecule has 3 rings (SSSR count). The summed E-state index contributed by atoms with van der Waals surface area (Å²) in [5, 5.41) is 6.27. The Balaban J connectivity index is 1.86. The molecule has 128 valence electrons. The van der Waals surface area contributed by atoms with Crippen LogP contribution in [0.4, 0.5) is 23.1 Å². The van der Waals surface area contributed by atoms with Crippen LogP contribution in [0, 0.1) is 0 Å². The maximum atomic E-state index is 5.71. The standard InChI is InChI=1S/C17H23N5O2/c1-3-24-15-11-13(20-17-19-5-4-16(18-2)21-17)10-14(12-15)22-6-8-23-9-7-22/h4-5,10-12H,3,6-9H2,1-2H3,(H2,18,19,20,21). The van der Waals surface area contributed by atoms with Gasteiger partial charge in [-0.1, -0.05) is 0 Å². The average molecular weight is 329 g/mol. The van der Waals surface area contributed by atoms with Crippen molar-refractivity contribution in [2.24, 2.45) is 0 Å². The zero-order chi connectivity index (χ0) is 16.8. The van der Waals surface area contributed by atoms with E-state index in [1.54, 1.807) is 6.20 Å². The van der Waals surface area contributed by atoms with Crippen molar-refractivity contribution in [3.8, 4) is 5.75 Å². The molecule has 1 aromatic heterocycles. The van der Waals surface area contributed by atoms with Gasteiger partial charge in [-0.3, -0.25) is 0 Å². The lowest BCUT2D eigenvalue weighted by Gasteiger charge is -2.29. The highest BCUT2D eigenvalue weighted by Crippen LogP contribution is 2.29. The molecule has 1 aromatic carbocycles. The van der Waals surface area contributed by atoms with Gasteiger partial charge in [0, 0.05) is 49.8 Å². The molecule has 0 bridgehead atoms. The highest BCUT2D eigenvalue weighted by Gasteiger charge is 2.13. The van der Waals surface area contributed by atoms with Gasteiger partial charge in [0.25, 0.3) is 0 Å². The second-order valence-electron chi connectivity index (χ2n) is 5.39. The SMILES string of the molecule is CCOc1cc(Nc2nccc(NC)n2)cc(N2CCOCC2)c1. The van der Waals surface area contributed by atoms with E-state index in [1.165, 1.54) is 0 Å². The summed E-state index contributed by atoms with van der Waals surface area (Å²) in [5.74, 6) is 2.14. The van der Waals surface area contributed by atoms with Crippen molar-refractivity contribution >= 4 is 23.1 Å². The van der Waals surface area contributed by atoms with Crippen LogP contribution in [0.25, 0.3) is 0 Å². The Morgan fingerprint density at radius 1 is 1.25 bits per heavy atom. The summed E-state index contributed by atoms with van der Waals surface area (Å²) < 4.78 is 11.1. The van der Waals surface area contributed by atoms with E-state index in [-0.39, 0.29) is 0 Å². The van der Waals surface area contributed by atoms with E-state index in [4.69, 9.17) is 9.47 Å². The van der Waals surface area contributed by atoms with Gasteiger partial charge < -0.3 is 25.0 Å². The number of benzene rings is 1. The minimum absolute atomic E-state index is 0.545. The smallest absolute Gasteiger partial charge is 0.229 e. The summed E-state index contributed by atoms with van der Waals surface area (Å²) in [6.07, 6.45) is 1.72. The normalized spacial score (nSPS) is 14.3.